The van der Waals surface area contributed by atoms with Crippen LogP contribution in [-0.2, 0) is 19.1 Å². The highest BCUT2D eigenvalue weighted by Crippen LogP contribution is 2.38. The lowest BCUT2D eigenvalue weighted by Crippen LogP contribution is -2.54. The maximum absolute atomic E-state index is 12.9. The van der Waals surface area contributed by atoms with Crippen LogP contribution in [0.4, 0.5) is 4.79 Å². The van der Waals surface area contributed by atoms with Gasteiger partial charge in [0.2, 0.25) is 0 Å². The number of rotatable bonds is 8. The van der Waals surface area contributed by atoms with Crippen LogP contribution in [0.1, 0.15) is 58.8 Å². The molecule has 28 heavy (non-hydrogen) atoms. The largest absolute Gasteiger partial charge is 0.454 e. The number of nitrogens with zero attached hydrogens (tertiary/aromatic N) is 2. The molecule has 3 fully saturated rings. The van der Waals surface area contributed by atoms with Crippen molar-refractivity contribution in [2.45, 2.75) is 64.3 Å². The van der Waals surface area contributed by atoms with E-state index in [0.717, 1.165) is 43.4 Å². The number of ether oxygens (including phenoxy) is 1. The van der Waals surface area contributed by atoms with Gasteiger partial charge in [0.1, 0.15) is 12.1 Å². The minimum absolute atomic E-state index is 0.0327. The van der Waals surface area contributed by atoms with E-state index in [-0.39, 0.29) is 24.3 Å². The molecule has 0 aromatic rings. The zero-order chi connectivity index (χ0) is 20.3. The first-order valence-electron chi connectivity index (χ1n) is 10.4. The fourth-order valence-electron chi connectivity index (χ4n) is 4.25. The Morgan fingerprint density at radius 3 is 2.64 bits per heavy atom. The highest BCUT2D eigenvalue weighted by atomic mass is 16.5. The van der Waals surface area contributed by atoms with Crippen LogP contribution >= 0.6 is 0 Å². The lowest BCUT2D eigenvalue weighted by atomic mass is 9.73. The Morgan fingerprint density at radius 1 is 1.25 bits per heavy atom. The predicted molar refractivity (Wildman–Crippen MR) is 101 cm³/mol. The molecular formula is C20H31N3O5. The fourth-order valence-corrected chi connectivity index (χ4v) is 4.25. The lowest BCUT2D eigenvalue weighted by Gasteiger charge is -2.36. The van der Waals surface area contributed by atoms with Crippen molar-refractivity contribution in [1.29, 1.82) is 0 Å². The molecule has 8 nitrogen and oxygen atoms in total. The standard InChI is InChI=1S/C20H31N3O5/c1-3-10-22(11-15-7-8-15)16(24)13-28-17(25)12-23-18(26)20(21-19(23)27)9-5-4-6-14(20)2/h14-15H,3-13H2,1-2H3,(H,21,27)/t14-,20+/m1/s1. The molecule has 1 saturated heterocycles. The van der Waals surface area contributed by atoms with Gasteiger partial charge in [-0.2, -0.15) is 0 Å². The van der Waals surface area contributed by atoms with Gasteiger partial charge in [-0.05, 0) is 43.9 Å². The number of hydrogen-bond donors (Lipinski definition) is 1. The molecule has 2 aliphatic carbocycles. The molecule has 2 atom stereocenters. The molecule has 0 radical (unpaired) electrons. The number of carbonyl (C=O) groups is 4. The Labute approximate surface area is 165 Å². The van der Waals surface area contributed by atoms with Gasteiger partial charge in [0.25, 0.3) is 11.8 Å². The third-order valence-corrected chi connectivity index (χ3v) is 6.17. The molecule has 3 rings (SSSR count). The monoisotopic (exact) mass is 393 g/mol. The summed E-state index contributed by atoms with van der Waals surface area (Å²) in [5, 5.41) is 2.81. The minimum atomic E-state index is -0.895. The molecule has 0 aromatic carbocycles. The molecular weight excluding hydrogens is 362 g/mol. The van der Waals surface area contributed by atoms with Gasteiger partial charge in [0.05, 0.1) is 0 Å². The van der Waals surface area contributed by atoms with Crippen LogP contribution in [0.3, 0.4) is 0 Å². The number of nitrogens with one attached hydrogen (secondary N) is 1. The lowest BCUT2D eigenvalue weighted by molar-refractivity contribution is -0.154. The molecule has 156 valence electrons. The Balaban J connectivity index is 1.52. The van der Waals surface area contributed by atoms with E-state index in [2.05, 4.69) is 5.32 Å². The van der Waals surface area contributed by atoms with Gasteiger partial charge >= 0.3 is 12.0 Å². The highest BCUT2D eigenvalue weighted by Gasteiger charge is 2.55. The van der Waals surface area contributed by atoms with E-state index in [1.165, 1.54) is 0 Å². The molecule has 2 saturated carbocycles. The Hall–Kier alpha value is -2.12. The van der Waals surface area contributed by atoms with Crippen LogP contribution in [0, 0.1) is 11.8 Å². The average Bonchev–Trinajstić information content (AvgIpc) is 3.45. The Bertz CT molecular complexity index is 648. The topological polar surface area (TPSA) is 96.0 Å². The SMILES string of the molecule is CCCN(CC1CC1)C(=O)COC(=O)CN1C(=O)N[C@]2(CCCC[C@H]2C)C1=O. The molecule has 0 bridgehead atoms. The van der Waals surface area contributed by atoms with Gasteiger partial charge in [-0.15, -0.1) is 0 Å². The smallest absolute Gasteiger partial charge is 0.326 e. The van der Waals surface area contributed by atoms with E-state index in [4.69, 9.17) is 4.74 Å². The second-order valence-corrected chi connectivity index (χ2v) is 8.38. The zero-order valence-corrected chi connectivity index (χ0v) is 16.9. The van der Waals surface area contributed by atoms with E-state index in [0.29, 0.717) is 25.4 Å². The number of urea groups is 1. The van der Waals surface area contributed by atoms with E-state index in [1.54, 1.807) is 4.90 Å². The number of esters is 1. The maximum atomic E-state index is 12.9. The molecule has 1 aliphatic heterocycles. The molecule has 3 aliphatic rings. The van der Waals surface area contributed by atoms with Gasteiger partial charge in [-0.25, -0.2) is 4.79 Å². The third-order valence-electron chi connectivity index (χ3n) is 6.17. The first-order valence-corrected chi connectivity index (χ1v) is 10.4. The summed E-state index contributed by atoms with van der Waals surface area (Å²) in [6.07, 6.45) is 6.49. The fraction of sp³-hybridized carbons (Fsp3) is 0.800. The van der Waals surface area contributed by atoms with Crippen molar-refractivity contribution in [3.05, 3.63) is 0 Å². The summed E-state index contributed by atoms with van der Waals surface area (Å²) in [6.45, 7) is 4.50. The van der Waals surface area contributed by atoms with Crippen molar-refractivity contribution in [3.63, 3.8) is 0 Å². The number of hydrogen-bond acceptors (Lipinski definition) is 5. The summed E-state index contributed by atoms with van der Waals surface area (Å²) >= 11 is 0. The molecule has 0 unspecified atom stereocenters. The van der Waals surface area contributed by atoms with Crippen molar-refractivity contribution in [1.82, 2.24) is 15.1 Å². The van der Waals surface area contributed by atoms with Gasteiger partial charge in [-0.3, -0.25) is 19.3 Å². The van der Waals surface area contributed by atoms with Crippen molar-refractivity contribution in [3.8, 4) is 0 Å². The van der Waals surface area contributed by atoms with Gasteiger partial charge in [0.15, 0.2) is 6.61 Å². The van der Waals surface area contributed by atoms with E-state index >= 15 is 0 Å². The summed E-state index contributed by atoms with van der Waals surface area (Å²) < 4.78 is 5.09. The summed E-state index contributed by atoms with van der Waals surface area (Å²) in [5.41, 5.74) is -0.895. The third kappa shape index (κ3) is 4.31. The van der Waals surface area contributed by atoms with Crippen molar-refractivity contribution < 1.29 is 23.9 Å². The summed E-state index contributed by atoms with van der Waals surface area (Å²) in [5.74, 6) is -0.720. The van der Waals surface area contributed by atoms with Crippen LogP contribution in [0.2, 0.25) is 0 Å². The predicted octanol–water partition coefficient (Wildman–Crippen LogP) is 1.68. The molecule has 1 heterocycles. The second kappa shape index (κ2) is 8.49. The minimum Gasteiger partial charge on any atom is -0.454 e. The normalized spacial score (nSPS) is 27.1. The van der Waals surface area contributed by atoms with Crippen LogP contribution < -0.4 is 5.32 Å². The highest BCUT2D eigenvalue weighted by molar-refractivity contribution is 6.09. The Kier molecular flexibility index (Phi) is 6.25. The second-order valence-electron chi connectivity index (χ2n) is 8.38. The number of amides is 4. The number of imide groups is 1. The first-order chi connectivity index (χ1) is 13.4. The van der Waals surface area contributed by atoms with Crippen LogP contribution in [0.5, 0.6) is 0 Å². The van der Waals surface area contributed by atoms with Gasteiger partial charge < -0.3 is 15.0 Å². The molecule has 1 spiro atoms. The molecule has 4 amide bonds. The van der Waals surface area contributed by atoms with Crippen LogP contribution in [-0.4, -0.2) is 65.4 Å². The maximum Gasteiger partial charge on any atom is 0.326 e. The van der Waals surface area contributed by atoms with E-state index in [9.17, 15) is 19.2 Å². The van der Waals surface area contributed by atoms with Crippen LogP contribution in [0.25, 0.3) is 0 Å². The average molecular weight is 393 g/mol. The van der Waals surface area contributed by atoms with Crippen molar-refractivity contribution in [2.24, 2.45) is 11.8 Å². The zero-order valence-electron chi connectivity index (χ0n) is 16.9. The summed E-state index contributed by atoms with van der Waals surface area (Å²) in [4.78, 5) is 52.4. The van der Waals surface area contributed by atoms with Crippen molar-refractivity contribution in [2.75, 3.05) is 26.2 Å². The van der Waals surface area contributed by atoms with Gasteiger partial charge in [-0.1, -0.05) is 26.7 Å². The van der Waals surface area contributed by atoms with E-state index in [1.807, 2.05) is 13.8 Å². The summed E-state index contributed by atoms with van der Waals surface area (Å²) in [6, 6.07) is -0.552. The van der Waals surface area contributed by atoms with Gasteiger partial charge in [0, 0.05) is 13.1 Å². The molecule has 0 aromatic heterocycles. The number of carbonyl (C=O) groups excluding carboxylic acids is 4. The molecule has 8 heteroatoms. The Morgan fingerprint density at radius 2 is 2.00 bits per heavy atom. The molecule has 1 N–H and O–H groups in total. The summed E-state index contributed by atoms with van der Waals surface area (Å²) in [7, 11) is 0. The van der Waals surface area contributed by atoms with Crippen molar-refractivity contribution >= 4 is 23.8 Å². The van der Waals surface area contributed by atoms with E-state index < -0.39 is 24.1 Å². The quantitative estimate of drug-likeness (QED) is 0.500. The van der Waals surface area contributed by atoms with Crippen LogP contribution in [0.15, 0.2) is 0 Å². The first kappa shape index (κ1) is 20.6.